The van der Waals surface area contributed by atoms with Gasteiger partial charge in [-0.3, -0.25) is 9.78 Å². The monoisotopic (exact) mass is 327 g/mol. The summed E-state index contributed by atoms with van der Waals surface area (Å²) in [5.74, 6) is 0.588. The van der Waals surface area contributed by atoms with Crippen molar-refractivity contribution in [1.29, 1.82) is 0 Å². The second kappa shape index (κ2) is 7.60. The lowest BCUT2D eigenvalue weighted by Gasteiger charge is -2.23. The summed E-state index contributed by atoms with van der Waals surface area (Å²) in [6.07, 6.45) is 2.59. The molecule has 1 heterocycles. The number of carbonyl (C=O) groups excluding carboxylic acids is 1. The zero-order chi connectivity index (χ0) is 14.4. The predicted octanol–water partition coefficient (Wildman–Crippen LogP) is 2.44. The van der Waals surface area contributed by atoms with Gasteiger partial charge in [-0.25, -0.2) is 0 Å². The van der Waals surface area contributed by atoms with Crippen LogP contribution in [0.15, 0.2) is 22.8 Å². The first-order valence-corrected chi connectivity index (χ1v) is 7.24. The minimum Gasteiger partial charge on any atom is -0.347 e. The summed E-state index contributed by atoms with van der Waals surface area (Å²) in [5, 5.41) is 3.30. The third-order valence-electron chi connectivity index (χ3n) is 2.76. The summed E-state index contributed by atoms with van der Waals surface area (Å²) in [5.41, 5.74) is 0.934. The Bertz CT molecular complexity index is 404. The van der Waals surface area contributed by atoms with E-state index in [9.17, 15) is 4.79 Å². The summed E-state index contributed by atoms with van der Waals surface area (Å²) < 4.78 is 0.958. The standard InChI is InChI=1S/C14H22BrN3O/c1-10(2)7-13(14(19)18(3)4)17-9-12-6-5-11(15)8-16-12/h5-6,8,10,13,17H,7,9H2,1-4H3. The molecule has 1 N–H and O–H groups in total. The van der Waals surface area contributed by atoms with Gasteiger partial charge in [-0.05, 0) is 40.4 Å². The molecule has 0 aromatic carbocycles. The smallest absolute Gasteiger partial charge is 0.239 e. The Morgan fingerprint density at radius 2 is 2.11 bits per heavy atom. The molecule has 19 heavy (non-hydrogen) atoms. The van der Waals surface area contributed by atoms with E-state index in [1.54, 1.807) is 25.2 Å². The zero-order valence-corrected chi connectivity index (χ0v) is 13.6. The number of hydrogen-bond acceptors (Lipinski definition) is 3. The molecule has 1 rings (SSSR count). The molecule has 0 spiro atoms. The van der Waals surface area contributed by atoms with Gasteiger partial charge in [0.05, 0.1) is 11.7 Å². The van der Waals surface area contributed by atoms with E-state index in [1.165, 1.54) is 0 Å². The average molecular weight is 328 g/mol. The molecular formula is C14H22BrN3O. The molecule has 1 atom stereocenters. The second-order valence-electron chi connectivity index (χ2n) is 5.26. The van der Waals surface area contributed by atoms with Gasteiger partial charge in [0, 0.05) is 31.3 Å². The molecule has 1 unspecified atom stereocenters. The molecule has 5 heteroatoms. The minimum atomic E-state index is -0.152. The van der Waals surface area contributed by atoms with Crippen LogP contribution in [0.2, 0.25) is 0 Å². The molecule has 0 aliphatic carbocycles. The van der Waals surface area contributed by atoms with Crippen LogP contribution in [0, 0.1) is 5.92 Å². The number of rotatable bonds is 6. The van der Waals surface area contributed by atoms with Crippen LogP contribution in [-0.2, 0) is 11.3 Å². The maximum absolute atomic E-state index is 12.1. The van der Waals surface area contributed by atoms with Crippen molar-refractivity contribution in [2.45, 2.75) is 32.9 Å². The first-order chi connectivity index (χ1) is 8.90. The van der Waals surface area contributed by atoms with Gasteiger partial charge in [0.25, 0.3) is 0 Å². The number of carbonyl (C=O) groups is 1. The van der Waals surface area contributed by atoms with Crippen molar-refractivity contribution in [2.24, 2.45) is 5.92 Å². The topological polar surface area (TPSA) is 45.2 Å². The fourth-order valence-electron chi connectivity index (χ4n) is 1.79. The van der Waals surface area contributed by atoms with Crippen molar-refractivity contribution in [3.8, 4) is 0 Å². The lowest BCUT2D eigenvalue weighted by atomic mass is 10.0. The van der Waals surface area contributed by atoms with Gasteiger partial charge in [-0.2, -0.15) is 0 Å². The van der Waals surface area contributed by atoms with Gasteiger partial charge in [0.2, 0.25) is 5.91 Å². The quantitative estimate of drug-likeness (QED) is 0.872. The summed E-state index contributed by atoms with van der Waals surface area (Å²) in [4.78, 5) is 18.0. The Labute approximate surface area is 123 Å². The van der Waals surface area contributed by atoms with E-state index in [1.807, 2.05) is 12.1 Å². The summed E-state index contributed by atoms with van der Waals surface area (Å²) >= 11 is 3.36. The van der Waals surface area contributed by atoms with Crippen LogP contribution < -0.4 is 5.32 Å². The number of likely N-dealkylation sites (N-methyl/N-ethyl adjacent to an activating group) is 1. The van der Waals surface area contributed by atoms with Gasteiger partial charge in [-0.1, -0.05) is 13.8 Å². The van der Waals surface area contributed by atoms with E-state index in [2.05, 4.69) is 40.1 Å². The molecule has 1 aromatic rings. The minimum absolute atomic E-state index is 0.116. The number of pyridine rings is 1. The van der Waals surface area contributed by atoms with Crippen LogP contribution >= 0.6 is 15.9 Å². The fourth-order valence-corrected chi connectivity index (χ4v) is 2.03. The summed E-state index contributed by atoms with van der Waals surface area (Å²) in [6.45, 7) is 4.84. The number of amides is 1. The Kier molecular flexibility index (Phi) is 6.45. The summed E-state index contributed by atoms with van der Waals surface area (Å²) in [6, 6.07) is 3.75. The molecule has 0 aliphatic rings. The van der Waals surface area contributed by atoms with Crippen LogP contribution in [0.5, 0.6) is 0 Å². The Balaban J connectivity index is 2.62. The Hall–Kier alpha value is -0.940. The van der Waals surface area contributed by atoms with Gasteiger partial charge in [0.15, 0.2) is 0 Å². The molecule has 0 bridgehead atoms. The fraction of sp³-hybridized carbons (Fsp3) is 0.571. The Morgan fingerprint density at radius 3 is 2.58 bits per heavy atom. The van der Waals surface area contributed by atoms with Gasteiger partial charge >= 0.3 is 0 Å². The van der Waals surface area contributed by atoms with Gasteiger partial charge in [-0.15, -0.1) is 0 Å². The number of aromatic nitrogens is 1. The van der Waals surface area contributed by atoms with E-state index in [0.29, 0.717) is 12.5 Å². The first-order valence-electron chi connectivity index (χ1n) is 6.45. The highest BCUT2D eigenvalue weighted by molar-refractivity contribution is 9.10. The molecule has 4 nitrogen and oxygen atoms in total. The van der Waals surface area contributed by atoms with Crippen molar-refractivity contribution in [3.05, 3.63) is 28.5 Å². The third-order valence-corrected chi connectivity index (χ3v) is 3.23. The summed E-state index contributed by atoms with van der Waals surface area (Å²) in [7, 11) is 3.57. The average Bonchev–Trinajstić information content (AvgIpc) is 2.35. The van der Waals surface area contributed by atoms with Crippen LogP contribution in [0.3, 0.4) is 0 Å². The number of hydrogen-bond donors (Lipinski definition) is 1. The predicted molar refractivity (Wildman–Crippen MR) is 80.7 cm³/mol. The van der Waals surface area contributed by atoms with Gasteiger partial charge < -0.3 is 10.2 Å². The number of nitrogens with zero attached hydrogens (tertiary/aromatic N) is 2. The van der Waals surface area contributed by atoms with E-state index >= 15 is 0 Å². The first kappa shape index (κ1) is 16.1. The lowest BCUT2D eigenvalue weighted by molar-refractivity contribution is -0.131. The highest BCUT2D eigenvalue weighted by Crippen LogP contribution is 2.10. The number of nitrogens with one attached hydrogen (secondary N) is 1. The lowest BCUT2D eigenvalue weighted by Crippen LogP contribution is -2.44. The molecule has 0 radical (unpaired) electrons. The highest BCUT2D eigenvalue weighted by atomic mass is 79.9. The van der Waals surface area contributed by atoms with Crippen molar-refractivity contribution in [2.75, 3.05) is 14.1 Å². The highest BCUT2D eigenvalue weighted by Gasteiger charge is 2.20. The van der Waals surface area contributed by atoms with E-state index in [0.717, 1.165) is 16.6 Å². The third kappa shape index (κ3) is 5.70. The van der Waals surface area contributed by atoms with Crippen LogP contribution in [0.1, 0.15) is 26.0 Å². The van der Waals surface area contributed by atoms with Crippen LogP contribution in [0.4, 0.5) is 0 Å². The van der Waals surface area contributed by atoms with E-state index in [4.69, 9.17) is 0 Å². The van der Waals surface area contributed by atoms with Crippen LogP contribution in [0.25, 0.3) is 0 Å². The van der Waals surface area contributed by atoms with Crippen molar-refractivity contribution in [3.63, 3.8) is 0 Å². The zero-order valence-electron chi connectivity index (χ0n) is 12.0. The van der Waals surface area contributed by atoms with Crippen LogP contribution in [-0.4, -0.2) is 35.9 Å². The second-order valence-corrected chi connectivity index (χ2v) is 6.18. The van der Waals surface area contributed by atoms with Gasteiger partial charge in [0.1, 0.15) is 0 Å². The number of halogens is 1. The molecule has 0 fully saturated rings. The van der Waals surface area contributed by atoms with E-state index < -0.39 is 0 Å². The normalized spacial score (nSPS) is 12.5. The maximum atomic E-state index is 12.1. The molecular weight excluding hydrogens is 306 g/mol. The van der Waals surface area contributed by atoms with Crippen molar-refractivity contribution in [1.82, 2.24) is 15.2 Å². The molecule has 1 amide bonds. The largest absolute Gasteiger partial charge is 0.347 e. The van der Waals surface area contributed by atoms with Crippen molar-refractivity contribution >= 4 is 21.8 Å². The molecule has 106 valence electrons. The SMILES string of the molecule is CC(C)CC(NCc1ccc(Br)cn1)C(=O)N(C)C. The molecule has 0 saturated carbocycles. The maximum Gasteiger partial charge on any atom is 0.239 e. The molecule has 1 aromatic heterocycles. The molecule has 0 saturated heterocycles. The molecule has 0 aliphatic heterocycles. The Morgan fingerprint density at radius 1 is 1.42 bits per heavy atom. The van der Waals surface area contributed by atoms with Crippen molar-refractivity contribution < 1.29 is 4.79 Å². The van der Waals surface area contributed by atoms with E-state index in [-0.39, 0.29) is 11.9 Å².